The number of anilines is 1. The lowest BCUT2D eigenvalue weighted by Crippen LogP contribution is -2.45. The van der Waals surface area contributed by atoms with Crippen LogP contribution in [0.1, 0.15) is 16.1 Å². The van der Waals surface area contributed by atoms with Gasteiger partial charge in [-0.15, -0.1) is 0 Å². The van der Waals surface area contributed by atoms with E-state index in [1.54, 1.807) is 36.3 Å². The van der Waals surface area contributed by atoms with Crippen LogP contribution in [0.25, 0.3) is 0 Å². The van der Waals surface area contributed by atoms with Gasteiger partial charge in [0, 0.05) is 25.4 Å². The summed E-state index contributed by atoms with van der Waals surface area (Å²) in [7, 11) is 1.79. The third-order valence-corrected chi connectivity index (χ3v) is 3.88. The summed E-state index contributed by atoms with van der Waals surface area (Å²) in [5.74, 6) is -0.654. The van der Waals surface area contributed by atoms with Gasteiger partial charge in [-0.25, -0.2) is 4.98 Å². The van der Waals surface area contributed by atoms with E-state index in [9.17, 15) is 9.59 Å². The second kappa shape index (κ2) is 8.11. The molecule has 6 heteroatoms. The van der Waals surface area contributed by atoms with Gasteiger partial charge in [-0.3, -0.25) is 9.59 Å². The molecule has 1 aromatic heterocycles. The summed E-state index contributed by atoms with van der Waals surface area (Å²) in [6.45, 7) is 0. The van der Waals surface area contributed by atoms with Crippen molar-refractivity contribution in [3.05, 3.63) is 84.4 Å². The standard InChI is InChI=1S/C20H20N4O2/c1-24-13-18(21-14-24)20(26)23-17(12-15-8-4-2-5-9-15)19(25)22-16-10-6-3-7-11-16/h2-11,13-14,17H,12H2,1H3,(H,22,25)(H,23,26)/t17-/m1/s1. The van der Waals surface area contributed by atoms with Crippen LogP contribution in [0.15, 0.2) is 73.2 Å². The molecule has 26 heavy (non-hydrogen) atoms. The fourth-order valence-corrected chi connectivity index (χ4v) is 2.57. The van der Waals surface area contributed by atoms with Crippen molar-refractivity contribution >= 4 is 17.5 Å². The number of rotatable bonds is 6. The summed E-state index contributed by atoms with van der Waals surface area (Å²) >= 11 is 0. The number of para-hydroxylation sites is 1. The molecular weight excluding hydrogens is 328 g/mol. The summed E-state index contributed by atoms with van der Waals surface area (Å²) in [5, 5.41) is 5.63. The van der Waals surface area contributed by atoms with Gasteiger partial charge in [0.1, 0.15) is 11.7 Å². The zero-order chi connectivity index (χ0) is 18.4. The van der Waals surface area contributed by atoms with Crippen molar-refractivity contribution in [3.63, 3.8) is 0 Å². The molecule has 0 spiro atoms. The van der Waals surface area contributed by atoms with E-state index in [1.165, 1.54) is 0 Å². The van der Waals surface area contributed by atoms with Crippen molar-refractivity contribution < 1.29 is 9.59 Å². The molecule has 0 saturated heterocycles. The van der Waals surface area contributed by atoms with Crippen LogP contribution in [-0.2, 0) is 18.3 Å². The number of imidazole rings is 1. The van der Waals surface area contributed by atoms with Gasteiger partial charge in [-0.2, -0.15) is 0 Å². The summed E-state index contributed by atoms with van der Waals surface area (Å²) < 4.78 is 1.69. The molecule has 1 atom stereocenters. The highest BCUT2D eigenvalue weighted by atomic mass is 16.2. The molecule has 0 radical (unpaired) electrons. The van der Waals surface area contributed by atoms with Gasteiger partial charge < -0.3 is 15.2 Å². The zero-order valence-electron chi connectivity index (χ0n) is 14.4. The molecule has 2 amide bonds. The average Bonchev–Trinajstić information content (AvgIpc) is 3.09. The van der Waals surface area contributed by atoms with Crippen LogP contribution >= 0.6 is 0 Å². The Morgan fingerprint density at radius 1 is 1.04 bits per heavy atom. The van der Waals surface area contributed by atoms with Crippen molar-refractivity contribution in [1.82, 2.24) is 14.9 Å². The smallest absolute Gasteiger partial charge is 0.272 e. The maximum atomic E-state index is 12.7. The molecule has 2 N–H and O–H groups in total. The molecule has 0 saturated carbocycles. The van der Waals surface area contributed by atoms with Crippen molar-refractivity contribution in [2.75, 3.05) is 5.32 Å². The molecular formula is C20H20N4O2. The van der Waals surface area contributed by atoms with Crippen LogP contribution in [0.2, 0.25) is 0 Å². The third kappa shape index (κ3) is 4.57. The average molecular weight is 348 g/mol. The van der Waals surface area contributed by atoms with Crippen LogP contribution in [0.3, 0.4) is 0 Å². The Balaban J connectivity index is 1.76. The maximum Gasteiger partial charge on any atom is 0.272 e. The number of nitrogens with one attached hydrogen (secondary N) is 2. The summed E-state index contributed by atoms with van der Waals surface area (Å²) in [4.78, 5) is 29.2. The van der Waals surface area contributed by atoms with Crippen molar-refractivity contribution in [3.8, 4) is 0 Å². The number of benzene rings is 2. The van der Waals surface area contributed by atoms with Crippen molar-refractivity contribution in [1.29, 1.82) is 0 Å². The Morgan fingerprint density at radius 3 is 2.31 bits per heavy atom. The Hall–Kier alpha value is -3.41. The first-order chi connectivity index (χ1) is 12.6. The van der Waals surface area contributed by atoms with Gasteiger partial charge in [-0.1, -0.05) is 48.5 Å². The molecule has 3 rings (SSSR count). The largest absolute Gasteiger partial charge is 0.340 e. The molecule has 0 bridgehead atoms. The molecule has 0 aliphatic heterocycles. The first kappa shape index (κ1) is 17.4. The van der Waals surface area contributed by atoms with Crippen molar-refractivity contribution in [2.45, 2.75) is 12.5 Å². The van der Waals surface area contributed by atoms with E-state index in [1.807, 2.05) is 48.5 Å². The van der Waals surface area contributed by atoms with Crippen molar-refractivity contribution in [2.24, 2.45) is 7.05 Å². The lowest BCUT2D eigenvalue weighted by Gasteiger charge is -2.18. The number of aryl methyl sites for hydroxylation is 1. The monoisotopic (exact) mass is 348 g/mol. The number of aromatic nitrogens is 2. The third-order valence-electron chi connectivity index (χ3n) is 3.88. The predicted molar refractivity (Wildman–Crippen MR) is 99.7 cm³/mol. The van der Waals surface area contributed by atoms with E-state index in [0.717, 1.165) is 5.56 Å². The van der Waals surface area contributed by atoms with Gasteiger partial charge in [0.25, 0.3) is 5.91 Å². The lowest BCUT2D eigenvalue weighted by molar-refractivity contribution is -0.118. The second-order valence-electron chi connectivity index (χ2n) is 6.00. The Bertz CT molecular complexity index is 875. The first-order valence-electron chi connectivity index (χ1n) is 8.30. The van der Waals surface area contributed by atoms with Crippen LogP contribution in [0.4, 0.5) is 5.69 Å². The molecule has 2 aromatic carbocycles. The highest BCUT2D eigenvalue weighted by Gasteiger charge is 2.23. The number of amides is 2. The minimum absolute atomic E-state index is 0.274. The van der Waals surface area contributed by atoms with Gasteiger partial charge in [0.05, 0.1) is 6.33 Å². The molecule has 132 valence electrons. The topological polar surface area (TPSA) is 76.0 Å². The molecule has 3 aromatic rings. The minimum Gasteiger partial charge on any atom is -0.340 e. The molecule has 1 heterocycles. The van der Waals surface area contributed by atoms with Crippen LogP contribution < -0.4 is 10.6 Å². The molecule has 6 nitrogen and oxygen atoms in total. The Labute approximate surface area is 151 Å². The second-order valence-corrected chi connectivity index (χ2v) is 6.00. The fourth-order valence-electron chi connectivity index (χ4n) is 2.57. The van der Waals surface area contributed by atoms with Gasteiger partial charge in [0.15, 0.2) is 0 Å². The first-order valence-corrected chi connectivity index (χ1v) is 8.30. The van der Waals surface area contributed by atoms with Crippen LogP contribution in [0.5, 0.6) is 0 Å². The fraction of sp³-hybridized carbons (Fsp3) is 0.150. The SMILES string of the molecule is Cn1cnc(C(=O)N[C@H](Cc2ccccc2)C(=O)Nc2ccccc2)c1. The number of carbonyl (C=O) groups is 2. The predicted octanol–water partition coefficient (Wildman–Crippen LogP) is 2.40. The van der Waals surface area contributed by atoms with Crippen LogP contribution in [0, 0.1) is 0 Å². The van der Waals surface area contributed by atoms with Gasteiger partial charge >= 0.3 is 0 Å². The van der Waals surface area contributed by atoms with Gasteiger partial charge in [0.2, 0.25) is 5.91 Å². The van der Waals surface area contributed by atoms with E-state index in [4.69, 9.17) is 0 Å². The highest BCUT2D eigenvalue weighted by molar-refractivity contribution is 6.00. The number of carbonyl (C=O) groups excluding carboxylic acids is 2. The lowest BCUT2D eigenvalue weighted by atomic mass is 10.0. The number of hydrogen-bond acceptors (Lipinski definition) is 3. The molecule has 0 aliphatic carbocycles. The Morgan fingerprint density at radius 2 is 1.69 bits per heavy atom. The summed E-state index contributed by atoms with van der Waals surface area (Å²) in [6, 6.07) is 18.0. The van der Waals surface area contributed by atoms with Crippen LogP contribution in [-0.4, -0.2) is 27.4 Å². The van der Waals surface area contributed by atoms with E-state index in [2.05, 4.69) is 15.6 Å². The molecule has 0 aliphatic rings. The highest BCUT2D eigenvalue weighted by Crippen LogP contribution is 2.09. The zero-order valence-corrected chi connectivity index (χ0v) is 14.4. The van der Waals surface area contributed by atoms with E-state index >= 15 is 0 Å². The van der Waals surface area contributed by atoms with E-state index in [-0.39, 0.29) is 17.5 Å². The number of nitrogens with zero attached hydrogens (tertiary/aromatic N) is 2. The van der Waals surface area contributed by atoms with E-state index in [0.29, 0.717) is 12.1 Å². The molecule has 0 fully saturated rings. The maximum absolute atomic E-state index is 12.7. The molecule has 0 unspecified atom stereocenters. The minimum atomic E-state index is -0.716. The number of hydrogen-bond donors (Lipinski definition) is 2. The Kier molecular flexibility index (Phi) is 5.43. The quantitative estimate of drug-likeness (QED) is 0.718. The van der Waals surface area contributed by atoms with Gasteiger partial charge in [-0.05, 0) is 17.7 Å². The summed E-state index contributed by atoms with van der Waals surface area (Å²) in [5.41, 5.74) is 1.92. The van der Waals surface area contributed by atoms with E-state index < -0.39 is 6.04 Å². The summed E-state index contributed by atoms with van der Waals surface area (Å²) in [6.07, 6.45) is 3.55. The normalized spacial score (nSPS) is 11.6.